The maximum absolute atomic E-state index is 5.90. The fraction of sp³-hybridized carbons (Fsp3) is 0.0556. The Balaban J connectivity index is 1.67. The first-order valence-corrected chi connectivity index (χ1v) is 8.96. The summed E-state index contributed by atoms with van der Waals surface area (Å²) in [5, 5.41) is 1.52. The van der Waals surface area contributed by atoms with Crippen LogP contribution >= 0.6 is 39.3 Å². The van der Waals surface area contributed by atoms with Crippen LogP contribution in [0.5, 0.6) is 0 Å². The van der Waals surface area contributed by atoms with Crippen molar-refractivity contribution in [2.24, 2.45) is 4.99 Å². The van der Waals surface area contributed by atoms with Crippen LogP contribution in [0.1, 0.15) is 11.3 Å². The van der Waals surface area contributed by atoms with E-state index in [2.05, 4.69) is 33.1 Å². The highest BCUT2D eigenvalue weighted by molar-refractivity contribution is 9.10. The fourth-order valence-corrected chi connectivity index (χ4v) is 3.39. The van der Waals surface area contributed by atoms with Gasteiger partial charge in [0.05, 0.1) is 17.2 Å². The van der Waals surface area contributed by atoms with E-state index in [4.69, 9.17) is 16.0 Å². The van der Waals surface area contributed by atoms with Crippen LogP contribution in [0.2, 0.25) is 5.02 Å². The Morgan fingerprint density at radius 2 is 1.83 bits per heavy atom. The average molecular weight is 407 g/mol. The van der Waals surface area contributed by atoms with Gasteiger partial charge in [0.1, 0.15) is 5.76 Å². The van der Waals surface area contributed by atoms with Crippen LogP contribution < -0.4 is 0 Å². The molecule has 0 saturated heterocycles. The predicted octanol–water partition coefficient (Wildman–Crippen LogP) is 6.47. The second kappa shape index (κ2) is 7.86. The molecule has 3 rings (SSSR count). The Morgan fingerprint density at radius 3 is 2.57 bits per heavy atom. The van der Waals surface area contributed by atoms with Gasteiger partial charge in [-0.3, -0.25) is 4.99 Å². The standard InChI is InChI=1S/C18H13BrClNOS/c19-17-10-15(12-21-11-13-4-2-1-3-5-13)22-18(17)23-16-8-6-14(20)7-9-16/h1-10,12H,11H2. The summed E-state index contributed by atoms with van der Waals surface area (Å²) in [6.07, 6.45) is 1.75. The van der Waals surface area contributed by atoms with Crippen LogP contribution in [0.15, 0.2) is 84.5 Å². The van der Waals surface area contributed by atoms with Gasteiger partial charge in [0.25, 0.3) is 0 Å². The van der Waals surface area contributed by atoms with Gasteiger partial charge in [0.2, 0.25) is 0 Å². The smallest absolute Gasteiger partial charge is 0.179 e. The molecule has 2 nitrogen and oxygen atoms in total. The number of aliphatic imine (C=N–C) groups is 1. The lowest BCUT2D eigenvalue weighted by atomic mass is 10.2. The molecular weight excluding hydrogens is 394 g/mol. The summed E-state index contributed by atoms with van der Waals surface area (Å²) in [5.41, 5.74) is 1.17. The number of halogens is 2. The first-order chi connectivity index (χ1) is 11.2. The molecule has 2 aromatic carbocycles. The third kappa shape index (κ3) is 4.74. The zero-order valence-electron chi connectivity index (χ0n) is 12.1. The van der Waals surface area contributed by atoms with E-state index in [1.807, 2.05) is 48.5 Å². The first-order valence-electron chi connectivity index (χ1n) is 6.97. The normalized spacial score (nSPS) is 11.2. The second-order valence-electron chi connectivity index (χ2n) is 4.80. The molecule has 0 amide bonds. The summed E-state index contributed by atoms with van der Waals surface area (Å²) in [7, 11) is 0. The molecule has 0 saturated carbocycles. The zero-order valence-corrected chi connectivity index (χ0v) is 15.2. The number of benzene rings is 2. The van der Waals surface area contributed by atoms with E-state index in [9.17, 15) is 0 Å². The number of hydrogen-bond acceptors (Lipinski definition) is 3. The van der Waals surface area contributed by atoms with E-state index in [-0.39, 0.29) is 0 Å². The lowest BCUT2D eigenvalue weighted by Crippen LogP contribution is -1.81. The van der Waals surface area contributed by atoms with Crippen LogP contribution in [0.3, 0.4) is 0 Å². The van der Waals surface area contributed by atoms with Crippen LogP contribution in [0, 0.1) is 0 Å². The first kappa shape index (κ1) is 16.4. The highest BCUT2D eigenvalue weighted by atomic mass is 79.9. The van der Waals surface area contributed by atoms with Gasteiger partial charge in [-0.05, 0) is 45.8 Å². The predicted molar refractivity (Wildman–Crippen MR) is 99.7 cm³/mol. The molecule has 23 heavy (non-hydrogen) atoms. The number of rotatable bonds is 5. The van der Waals surface area contributed by atoms with Crippen LogP contribution in [0.25, 0.3) is 0 Å². The molecule has 0 spiro atoms. The molecular formula is C18H13BrClNOS. The van der Waals surface area contributed by atoms with Crippen LogP contribution in [-0.2, 0) is 6.54 Å². The van der Waals surface area contributed by atoms with Gasteiger partial charge in [0, 0.05) is 16.0 Å². The minimum absolute atomic E-state index is 0.638. The molecule has 0 aliphatic rings. The average Bonchev–Trinajstić information content (AvgIpc) is 2.90. The van der Waals surface area contributed by atoms with Crippen LogP contribution in [0.4, 0.5) is 0 Å². The molecule has 0 fully saturated rings. The van der Waals surface area contributed by atoms with Crippen LogP contribution in [-0.4, -0.2) is 6.21 Å². The van der Waals surface area contributed by atoms with Crippen molar-refractivity contribution in [1.29, 1.82) is 0 Å². The Labute approximate surface area is 152 Å². The van der Waals surface area contributed by atoms with E-state index in [1.165, 1.54) is 17.3 Å². The van der Waals surface area contributed by atoms with Crippen molar-refractivity contribution in [2.45, 2.75) is 16.5 Å². The van der Waals surface area contributed by atoms with E-state index >= 15 is 0 Å². The monoisotopic (exact) mass is 405 g/mol. The van der Waals surface area contributed by atoms with Crippen molar-refractivity contribution in [3.63, 3.8) is 0 Å². The lowest BCUT2D eigenvalue weighted by molar-refractivity contribution is 0.466. The summed E-state index contributed by atoms with van der Waals surface area (Å²) in [4.78, 5) is 5.49. The van der Waals surface area contributed by atoms with Crippen molar-refractivity contribution in [3.8, 4) is 0 Å². The maximum Gasteiger partial charge on any atom is 0.179 e. The summed E-state index contributed by atoms with van der Waals surface area (Å²) >= 11 is 11.0. The molecule has 0 aliphatic carbocycles. The molecule has 3 aromatic rings. The van der Waals surface area contributed by atoms with Crippen molar-refractivity contribution in [2.75, 3.05) is 0 Å². The molecule has 1 aromatic heterocycles. The van der Waals surface area contributed by atoms with Gasteiger partial charge in [0.15, 0.2) is 5.09 Å². The molecule has 1 heterocycles. The van der Waals surface area contributed by atoms with E-state index in [1.54, 1.807) is 6.21 Å². The van der Waals surface area contributed by atoms with Crippen molar-refractivity contribution in [3.05, 3.63) is 81.5 Å². The molecule has 0 bridgehead atoms. The Hall–Kier alpha value is -1.49. The lowest BCUT2D eigenvalue weighted by Gasteiger charge is -1.98. The molecule has 116 valence electrons. The van der Waals surface area contributed by atoms with Gasteiger partial charge >= 0.3 is 0 Å². The molecule has 0 aliphatic heterocycles. The summed E-state index contributed by atoms with van der Waals surface area (Å²) in [6.45, 7) is 0.638. The fourth-order valence-electron chi connectivity index (χ4n) is 1.94. The largest absolute Gasteiger partial charge is 0.447 e. The zero-order chi connectivity index (χ0) is 16.1. The minimum atomic E-state index is 0.638. The summed E-state index contributed by atoms with van der Waals surface area (Å²) in [5.74, 6) is 0.726. The van der Waals surface area contributed by atoms with Gasteiger partial charge in [-0.15, -0.1) is 0 Å². The van der Waals surface area contributed by atoms with Crippen molar-refractivity contribution >= 4 is 45.5 Å². The third-order valence-electron chi connectivity index (χ3n) is 3.03. The highest BCUT2D eigenvalue weighted by Crippen LogP contribution is 2.35. The summed E-state index contributed by atoms with van der Waals surface area (Å²) < 4.78 is 6.74. The van der Waals surface area contributed by atoms with E-state index < -0.39 is 0 Å². The summed E-state index contributed by atoms with van der Waals surface area (Å²) in [6, 6.07) is 19.7. The van der Waals surface area contributed by atoms with Gasteiger partial charge < -0.3 is 4.42 Å². The topological polar surface area (TPSA) is 25.5 Å². The van der Waals surface area contributed by atoms with Crippen molar-refractivity contribution in [1.82, 2.24) is 0 Å². The third-order valence-corrected chi connectivity index (χ3v) is 5.13. The molecule has 0 atom stereocenters. The second-order valence-corrected chi connectivity index (χ2v) is 7.13. The number of furan rings is 1. The van der Waals surface area contributed by atoms with E-state index in [0.29, 0.717) is 6.54 Å². The van der Waals surface area contributed by atoms with Gasteiger partial charge in [-0.1, -0.05) is 53.7 Å². The number of hydrogen-bond donors (Lipinski definition) is 0. The maximum atomic E-state index is 5.90. The Bertz CT molecular complexity index is 800. The Morgan fingerprint density at radius 1 is 1.09 bits per heavy atom. The Kier molecular flexibility index (Phi) is 5.60. The molecule has 0 radical (unpaired) electrons. The quantitative estimate of drug-likeness (QED) is 0.454. The number of nitrogens with zero attached hydrogens (tertiary/aromatic N) is 1. The molecule has 0 unspecified atom stereocenters. The molecule has 0 N–H and O–H groups in total. The van der Waals surface area contributed by atoms with Gasteiger partial charge in [-0.2, -0.15) is 0 Å². The SMILES string of the molecule is Clc1ccc(Sc2oc(C=NCc3ccccc3)cc2Br)cc1. The minimum Gasteiger partial charge on any atom is -0.447 e. The van der Waals surface area contributed by atoms with Crippen molar-refractivity contribution < 1.29 is 4.42 Å². The molecule has 5 heteroatoms. The van der Waals surface area contributed by atoms with Gasteiger partial charge in [-0.25, -0.2) is 0 Å². The highest BCUT2D eigenvalue weighted by Gasteiger charge is 2.09. The van der Waals surface area contributed by atoms with E-state index in [0.717, 1.165) is 25.2 Å².